The summed E-state index contributed by atoms with van der Waals surface area (Å²) in [5, 5.41) is 22.8. The molecule has 2 amide bonds. The van der Waals surface area contributed by atoms with Gasteiger partial charge in [0.15, 0.2) is 12.0 Å². The molecule has 0 aromatic carbocycles. The van der Waals surface area contributed by atoms with E-state index in [9.17, 15) is 19.5 Å². The van der Waals surface area contributed by atoms with Gasteiger partial charge in [0.2, 0.25) is 11.8 Å². The van der Waals surface area contributed by atoms with Gasteiger partial charge in [-0.15, -0.1) is 0 Å². The fourth-order valence-corrected chi connectivity index (χ4v) is 2.02. The van der Waals surface area contributed by atoms with Crippen LogP contribution in [0, 0.1) is 0 Å². The molecule has 0 fully saturated rings. The smallest absolute Gasteiger partial charge is 0.328 e. The van der Waals surface area contributed by atoms with E-state index in [0.717, 1.165) is 0 Å². The minimum absolute atomic E-state index is 0.0593. The molecule has 0 aromatic rings. The molecule has 0 bridgehead atoms. The third kappa shape index (κ3) is 9.12. The van der Waals surface area contributed by atoms with Gasteiger partial charge in [0.05, 0.1) is 12.1 Å². The van der Waals surface area contributed by atoms with E-state index in [0.29, 0.717) is 13.0 Å². The van der Waals surface area contributed by atoms with Gasteiger partial charge in [-0.25, -0.2) is 4.79 Å². The van der Waals surface area contributed by atoms with Crippen molar-refractivity contribution in [3.05, 3.63) is 0 Å². The Bertz CT molecular complexity index is 497. The lowest BCUT2D eigenvalue weighted by molar-refractivity contribution is -0.145. The highest BCUT2D eigenvalue weighted by Crippen LogP contribution is 1.99. The monoisotopic (exact) mass is 378 g/mol. The van der Waals surface area contributed by atoms with Crippen LogP contribution in [0.25, 0.3) is 0 Å². The predicted molar refractivity (Wildman–Crippen MR) is 94.9 cm³/mol. The Balaban J connectivity index is 4.59. The van der Waals surface area contributed by atoms with Crippen LogP contribution in [0.2, 0.25) is 0 Å². The molecule has 0 aliphatic rings. The normalized spacial score (nSPS) is 15.4. The van der Waals surface area contributed by atoms with Crippen molar-refractivity contribution in [3.63, 3.8) is 0 Å². The Morgan fingerprint density at radius 2 is 1.80 bits per heavy atom. The lowest BCUT2D eigenvalue weighted by Gasteiger charge is -2.22. The highest BCUT2D eigenvalue weighted by Gasteiger charge is 2.29. The molecular formula is C13H26N6O5S. The van der Waals surface area contributed by atoms with Crippen molar-refractivity contribution < 1.29 is 24.6 Å². The number of hydrogen-bond donors (Lipinski definition) is 8. The van der Waals surface area contributed by atoms with Crippen molar-refractivity contribution in [2.75, 3.05) is 12.3 Å². The molecule has 10 N–H and O–H groups in total. The summed E-state index contributed by atoms with van der Waals surface area (Å²) in [5.74, 6) is -2.92. The minimum Gasteiger partial charge on any atom is -0.480 e. The van der Waals surface area contributed by atoms with E-state index in [2.05, 4.69) is 28.3 Å². The standard InChI is InChI=1S/C13H26N6O5S/c1-6(20)9(12(23)24)19-11(22)8(5-25)18-10(21)7(14)3-2-4-17-13(15)16/h6-9,20,25H,2-5,14H2,1H3,(H,18,21)(H,19,22)(H,23,24)(H4,15,16,17)/t6-,7+,8+,9+/m1/s1. The summed E-state index contributed by atoms with van der Waals surface area (Å²) in [5.41, 5.74) is 16.1. The summed E-state index contributed by atoms with van der Waals surface area (Å²) >= 11 is 3.96. The second-order valence-corrected chi connectivity index (χ2v) is 5.73. The number of carbonyl (C=O) groups is 3. The molecule has 0 aliphatic carbocycles. The van der Waals surface area contributed by atoms with Crippen LogP contribution in [0.4, 0.5) is 0 Å². The Kier molecular flexibility index (Phi) is 10.6. The molecule has 0 heterocycles. The molecular weight excluding hydrogens is 352 g/mol. The molecule has 25 heavy (non-hydrogen) atoms. The Labute approximate surface area is 150 Å². The van der Waals surface area contributed by atoms with Crippen LogP contribution in [0.3, 0.4) is 0 Å². The fraction of sp³-hybridized carbons (Fsp3) is 0.692. The van der Waals surface area contributed by atoms with Crippen molar-refractivity contribution in [1.82, 2.24) is 10.6 Å². The number of thiol groups is 1. The van der Waals surface area contributed by atoms with Crippen molar-refractivity contribution in [3.8, 4) is 0 Å². The number of rotatable bonds is 11. The first-order valence-electron chi connectivity index (χ1n) is 7.53. The molecule has 0 rings (SSSR count). The predicted octanol–water partition coefficient (Wildman–Crippen LogP) is -3.27. The van der Waals surface area contributed by atoms with E-state index in [1.165, 1.54) is 6.92 Å². The maximum absolute atomic E-state index is 12.1. The van der Waals surface area contributed by atoms with Crippen LogP contribution in [0.5, 0.6) is 0 Å². The zero-order valence-electron chi connectivity index (χ0n) is 13.9. The third-order valence-electron chi connectivity index (χ3n) is 3.17. The number of aliphatic carboxylic acids is 1. The average molecular weight is 378 g/mol. The fourth-order valence-electron chi connectivity index (χ4n) is 1.77. The van der Waals surface area contributed by atoms with Gasteiger partial charge in [-0.05, 0) is 19.8 Å². The van der Waals surface area contributed by atoms with Crippen LogP contribution >= 0.6 is 12.6 Å². The van der Waals surface area contributed by atoms with Gasteiger partial charge in [-0.2, -0.15) is 12.6 Å². The molecule has 12 heteroatoms. The lowest BCUT2D eigenvalue weighted by Crippen LogP contribution is -2.57. The van der Waals surface area contributed by atoms with Crippen molar-refractivity contribution in [1.29, 1.82) is 0 Å². The number of aliphatic hydroxyl groups is 1. The molecule has 0 saturated heterocycles. The number of aliphatic imine (C=N–C) groups is 1. The van der Waals surface area contributed by atoms with Crippen LogP contribution in [0.1, 0.15) is 19.8 Å². The first-order chi connectivity index (χ1) is 11.6. The van der Waals surface area contributed by atoms with E-state index in [1.807, 2.05) is 0 Å². The summed E-state index contributed by atoms with van der Waals surface area (Å²) < 4.78 is 0. The Morgan fingerprint density at radius 3 is 2.24 bits per heavy atom. The van der Waals surface area contributed by atoms with E-state index >= 15 is 0 Å². The van der Waals surface area contributed by atoms with E-state index < -0.39 is 42.0 Å². The second kappa shape index (κ2) is 11.5. The van der Waals surface area contributed by atoms with Crippen LogP contribution in [-0.4, -0.2) is 70.5 Å². The number of hydrogen-bond acceptors (Lipinski definition) is 7. The van der Waals surface area contributed by atoms with Crippen LogP contribution in [-0.2, 0) is 14.4 Å². The number of guanidine groups is 1. The maximum Gasteiger partial charge on any atom is 0.328 e. The molecule has 0 unspecified atom stereocenters. The van der Waals surface area contributed by atoms with Gasteiger partial charge in [0, 0.05) is 12.3 Å². The molecule has 0 aromatic heterocycles. The number of nitrogens with zero attached hydrogens (tertiary/aromatic N) is 1. The molecule has 0 saturated carbocycles. The quantitative estimate of drug-likeness (QED) is 0.0790. The average Bonchev–Trinajstić information content (AvgIpc) is 2.52. The molecule has 144 valence electrons. The van der Waals surface area contributed by atoms with Crippen LogP contribution in [0.15, 0.2) is 4.99 Å². The summed E-state index contributed by atoms with van der Waals surface area (Å²) in [6.07, 6.45) is -0.557. The van der Waals surface area contributed by atoms with Gasteiger partial charge in [0.1, 0.15) is 6.04 Å². The van der Waals surface area contributed by atoms with E-state index in [1.54, 1.807) is 0 Å². The number of amides is 2. The van der Waals surface area contributed by atoms with Crippen molar-refractivity contribution in [2.24, 2.45) is 22.2 Å². The first kappa shape index (κ1) is 22.9. The number of carbonyl (C=O) groups excluding carboxylic acids is 2. The second-order valence-electron chi connectivity index (χ2n) is 5.36. The SMILES string of the molecule is C[C@@H](O)[C@H](NC(=O)[C@H](CS)NC(=O)[C@@H](N)CCCN=C(N)N)C(=O)O. The number of carboxylic acids is 1. The number of aliphatic hydroxyl groups excluding tert-OH is 1. The maximum atomic E-state index is 12.1. The summed E-state index contributed by atoms with van der Waals surface area (Å²) in [6, 6.07) is -3.49. The highest BCUT2D eigenvalue weighted by molar-refractivity contribution is 7.80. The zero-order valence-corrected chi connectivity index (χ0v) is 14.8. The van der Waals surface area contributed by atoms with Gasteiger partial charge < -0.3 is 38.0 Å². The summed E-state index contributed by atoms with van der Waals surface area (Å²) in [6.45, 7) is 1.54. The number of carboxylic acid groups (broad SMARTS) is 1. The van der Waals surface area contributed by atoms with E-state index in [-0.39, 0.29) is 18.1 Å². The van der Waals surface area contributed by atoms with Crippen molar-refractivity contribution >= 4 is 36.4 Å². The Hall–Kier alpha value is -2.05. The first-order valence-corrected chi connectivity index (χ1v) is 8.16. The minimum atomic E-state index is -1.50. The topological polar surface area (TPSA) is 206 Å². The van der Waals surface area contributed by atoms with Crippen molar-refractivity contribution in [2.45, 2.75) is 44.0 Å². The highest BCUT2D eigenvalue weighted by atomic mass is 32.1. The van der Waals surface area contributed by atoms with Gasteiger partial charge in [-0.3, -0.25) is 14.6 Å². The molecule has 0 aliphatic heterocycles. The van der Waals surface area contributed by atoms with Gasteiger partial charge in [0.25, 0.3) is 0 Å². The van der Waals surface area contributed by atoms with Gasteiger partial charge >= 0.3 is 5.97 Å². The molecule has 0 radical (unpaired) electrons. The largest absolute Gasteiger partial charge is 0.480 e. The van der Waals surface area contributed by atoms with E-state index in [4.69, 9.17) is 22.3 Å². The molecule has 11 nitrogen and oxygen atoms in total. The van der Waals surface area contributed by atoms with Gasteiger partial charge in [-0.1, -0.05) is 0 Å². The third-order valence-corrected chi connectivity index (χ3v) is 3.53. The molecule has 4 atom stereocenters. The summed E-state index contributed by atoms with van der Waals surface area (Å²) in [7, 11) is 0. The number of nitrogens with two attached hydrogens (primary N) is 3. The zero-order chi connectivity index (χ0) is 19.6. The lowest BCUT2D eigenvalue weighted by atomic mass is 10.1. The van der Waals surface area contributed by atoms with Crippen LogP contribution < -0.4 is 27.8 Å². The molecule has 0 spiro atoms. The number of nitrogens with one attached hydrogen (secondary N) is 2. The Morgan fingerprint density at radius 1 is 1.20 bits per heavy atom. The summed E-state index contributed by atoms with van der Waals surface area (Å²) in [4.78, 5) is 38.8.